The molecule has 1 aliphatic heterocycles. The van der Waals surface area contributed by atoms with E-state index in [-0.39, 0.29) is 0 Å². The SMILES string of the molecule is CN=C(NCCCN1CCCN(C)CC1)NCC(Cc1ccccc1)c1ccccc1. The van der Waals surface area contributed by atoms with E-state index in [1.165, 1.54) is 43.7 Å². The summed E-state index contributed by atoms with van der Waals surface area (Å²) in [5.74, 6) is 1.29. The van der Waals surface area contributed by atoms with Gasteiger partial charge >= 0.3 is 0 Å². The molecule has 5 heteroatoms. The van der Waals surface area contributed by atoms with Crippen LogP contribution in [0.3, 0.4) is 0 Å². The lowest BCUT2D eigenvalue weighted by atomic mass is 9.92. The summed E-state index contributed by atoms with van der Waals surface area (Å²) in [6.45, 7) is 7.75. The van der Waals surface area contributed by atoms with E-state index in [0.29, 0.717) is 5.92 Å². The molecule has 1 saturated heterocycles. The van der Waals surface area contributed by atoms with Crippen LogP contribution in [-0.4, -0.2) is 75.7 Å². The molecule has 1 atom stereocenters. The van der Waals surface area contributed by atoms with Crippen LogP contribution in [0, 0.1) is 0 Å². The standard InChI is InChI=1S/C26H39N5/c1-27-26(28-15-9-17-31-18-10-16-30(2)19-20-31)29-22-25(24-13-7-4-8-14-24)21-23-11-5-3-6-12-23/h3-8,11-14,25H,9-10,15-22H2,1-2H3,(H2,27,28,29). The summed E-state index contributed by atoms with van der Waals surface area (Å²) < 4.78 is 0. The van der Waals surface area contributed by atoms with E-state index in [1.54, 1.807) is 0 Å². The maximum absolute atomic E-state index is 4.44. The van der Waals surface area contributed by atoms with Crippen molar-refractivity contribution in [3.8, 4) is 0 Å². The topological polar surface area (TPSA) is 42.9 Å². The number of aliphatic imine (C=N–C) groups is 1. The van der Waals surface area contributed by atoms with E-state index < -0.39 is 0 Å². The average molecular weight is 422 g/mol. The molecule has 2 N–H and O–H groups in total. The van der Waals surface area contributed by atoms with Crippen molar-refractivity contribution >= 4 is 5.96 Å². The third kappa shape index (κ3) is 8.35. The molecule has 31 heavy (non-hydrogen) atoms. The molecular formula is C26H39N5. The normalized spacial score (nSPS) is 17.2. The van der Waals surface area contributed by atoms with Crippen molar-refractivity contribution in [1.82, 2.24) is 20.4 Å². The second-order valence-electron chi connectivity index (χ2n) is 8.53. The molecule has 2 aromatic rings. The van der Waals surface area contributed by atoms with E-state index in [2.05, 4.69) is 93.1 Å². The molecular weight excluding hydrogens is 382 g/mol. The number of hydrogen-bond donors (Lipinski definition) is 2. The summed E-state index contributed by atoms with van der Waals surface area (Å²) in [7, 11) is 4.08. The number of nitrogens with one attached hydrogen (secondary N) is 2. The maximum Gasteiger partial charge on any atom is 0.190 e. The van der Waals surface area contributed by atoms with Gasteiger partial charge in [-0.2, -0.15) is 0 Å². The van der Waals surface area contributed by atoms with Crippen molar-refractivity contribution in [3.63, 3.8) is 0 Å². The van der Waals surface area contributed by atoms with Crippen LogP contribution < -0.4 is 10.6 Å². The zero-order valence-electron chi connectivity index (χ0n) is 19.3. The molecule has 0 aliphatic carbocycles. The highest BCUT2D eigenvalue weighted by Gasteiger charge is 2.14. The summed E-state index contributed by atoms with van der Waals surface area (Å²) >= 11 is 0. The minimum atomic E-state index is 0.399. The lowest BCUT2D eigenvalue weighted by Crippen LogP contribution is -2.41. The Kier molecular flexibility index (Phi) is 9.87. The largest absolute Gasteiger partial charge is 0.356 e. The molecule has 1 heterocycles. The van der Waals surface area contributed by atoms with Gasteiger partial charge in [0.05, 0.1) is 0 Å². The fourth-order valence-corrected chi connectivity index (χ4v) is 4.21. The fraction of sp³-hybridized carbons (Fsp3) is 0.500. The second kappa shape index (κ2) is 13.1. The first-order chi connectivity index (χ1) is 15.2. The molecule has 0 aromatic heterocycles. The summed E-state index contributed by atoms with van der Waals surface area (Å²) in [5.41, 5.74) is 2.73. The van der Waals surface area contributed by atoms with E-state index in [1.807, 2.05) is 7.05 Å². The lowest BCUT2D eigenvalue weighted by Gasteiger charge is -2.22. The van der Waals surface area contributed by atoms with Crippen molar-refractivity contribution in [3.05, 3.63) is 71.8 Å². The van der Waals surface area contributed by atoms with Crippen molar-refractivity contribution in [2.45, 2.75) is 25.2 Å². The summed E-state index contributed by atoms with van der Waals surface area (Å²) in [5, 5.41) is 7.07. The molecule has 0 spiro atoms. The Morgan fingerprint density at radius 2 is 1.68 bits per heavy atom. The Balaban J connectivity index is 1.45. The number of benzene rings is 2. The van der Waals surface area contributed by atoms with Crippen LogP contribution in [0.2, 0.25) is 0 Å². The first kappa shape index (κ1) is 23.3. The maximum atomic E-state index is 4.44. The lowest BCUT2D eigenvalue weighted by molar-refractivity contribution is 0.274. The fourth-order valence-electron chi connectivity index (χ4n) is 4.21. The highest BCUT2D eigenvalue weighted by Crippen LogP contribution is 2.20. The van der Waals surface area contributed by atoms with Crippen molar-refractivity contribution in [2.24, 2.45) is 4.99 Å². The van der Waals surface area contributed by atoms with Gasteiger partial charge in [-0.25, -0.2) is 0 Å². The molecule has 3 rings (SSSR count). The Bertz CT molecular complexity index is 762. The van der Waals surface area contributed by atoms with Gasteiger partial charge in [0.1, 0.15) is 0 Å². The average Bonchev–Trinajstić information content (AvgIpc) is 3.03. The number of rotatable bonds is 9. The summed E-state index contributed by atoms with van der Waals surface area (Å²) in [6, 6.07) is 21.5. The van der Waals surface area contributed by atoms with Crippen molar-refractivity contribution in [1.29, 1.82) is 0 Å². The zero-order valence-corrected chi connectivity index (χ0v) is 19.3. The summed E-state index contributed by atoms with van der Waals surface area (Å²) in [6.07, 6.45) is 3.42. The van der Waals surface area contributed by atoms with Gasteiger partial charge in [-0.05, 0) is 57.1 Å². The third-order valence-electron chi connectivity index (χ3n) is 6.09. The Labute approximate surface area is 188 Å². The molecule has 0 bridgehead atoms. The van der Waals surface area contributed by atoms with E-state index >= 15 is 0 Å². The molecule has 168 valence electrons. The Hall–Kier alpha value is -2.37. The molecule has 1 aliphatic rings. The molecule has 0 saturated carbocycles. The predicted octanol–water partition coefficient (Wildman–Crippen LogP) is 3.21. The van der Waals surface area contributed by atoms with Crippen LogP contribution in [0.15, 0.2) is 65.7 Å². The first-order valence-corrected chi connectivity index (χ1v) is 11.7. The minimum Gasteiger partial charge on any atom is -0.356 e. The Morgan fingerprint density at radius 1 is 0.935 bits per heavy atom. The third-order valence-corrected chi connectivity index (χ3v) is 6.09. The monoisotopic (exact) mass is 421 g/mol. The van der Waals surface area contributed by atoms with Crippen LogP contribution in [0.1, 0.15) is 29.9 Å². The zero-order chi connectivity index (χ0) is 21.7. The second-order valence-corrected chi connectivity index (χ2v) is 8.53. The smallest absolute Gasteiger partial charge is 0.190 e. The molecule has 5 nitrogen and oxygen atoms in total. The van der Waals surface area contributed by atoms with Crippen LogP contribution in [0.25, 0.3) is 0 Å². The predicted molar refractivity (Wildman–Crippen MR) is 132 cm³/mol. The number of nitrogens with zero attached hydrogens (tertiary/aromatic N) is 3. The van der Waals surface area contributed by atoms with E-state index in [4.69, 9.17) is 0 Å². The number of hydrogen-bond acceptors (Lipinski definition) is 3. The van der Waals surface area contributed by atoms with Gasteiger partial charge < -0.3 is 20.4 Å². The Morgan fingerprint density at radius 3 is 2.42 bits per heavy atom. The van der Waals surface area contributed by atoms with E-state index in [0.717, 1.165) is 38.4 Å². The van der Waals surface area contributed by atoms with Gasteiger partial charge in [0.15, 0.2) is 5.96 Å². The van der Waals surface area contributed by atoms with Gasteiger partial charge in [0, 0.05) is 39.1 Å². The van der Waals surface area contributed by atoms with Crippen molar-refractivity contribution < 1.29 is 0 Å². The molecule has 0 amide bonds. The molecule has 0 radical (unpaired) electrons. The van der Waals surface area contributed by atoms with Gasteiger partial charge in [0.25, 0.3) is 0 Å². The highest BCUT2D eigenvalue weighted by atomic mass is 15.2. The first-order valence-electron chi connectivity index (χ1n) is 11.7. The van der Waals surface area contributed by atoms with Gasteiger partial charge in [-0.3, -0.25) is 4.99 Å². The van der Waals surface area contributed by atoms with Gasteiger partial charge in [-0.1, -0.05) is 60.7 Å². The van der Waals surface area contributed by atoms with Crippen LogP contribution in [0.5, 0.6) is 0 Å². The van der Waals surface area contributed by atoms with E-state index in [9.17, 15) is 0 Å². The van der Waals surface area contributed by atoms with Crippen LogP contribution in [0.4, 0.5) is 0 Å². The van der Waals surface area contributed by atoms with Crippen LogP contribution in [-0.2, 0) is 6.42 Å². The quantitative estimate of drug-likeness (QED) is 0.371. The van der Waals surface area contributed by atoms with Gasteiger partial charge in [-0.15, -0.1) is 0 Å². The van der Waals surface area contributed by atoms with Crippen LogP contribution >= 0.6 is 0 Å². The van der Waals surface area contributed by atoms with Gasteiger partial charge in [0.2, 0.25) is 0 Å². The number of likely N-dealkylation sites (N-methyl/N-ethyl adjacent to an activating group) is 1. The summed E-state index contributed by atoms with van der Waals surface area (Å²) in [4.78, 5) is 9.47. The molecule has 2 aromatic carbocycles. The minimum absolute atomic E-state index is 0.399. The van der Waals surface area contributed by atoms with Crippen molar-refractivity contribution in [2.75, 3.05) is 59.9 Å². The molecule has 1 unspecified atom stereocenters. The number of guanidine groups is 1. The molecule has 1 fully saturated rings. The highest BCUT2D eigenvalue weighted by molar-refractivity contribution is 5.79.